The molecule has 7 nitrogen and oxygen atoms in total. The Labute approximate surface area is 168 Å². The van der Waals surface area contributed by atoms with Crippen LogP contribution in [-0.4, -0.2) is 45.0 Å². The van der Waals surface area contributed by atoms with E-state index in [4.69, 9.17) is 0 Å². The molecular weight excluding hydrogens is 366 g/mol. The molecule has 2 aliphatic rings. The van der Waals surface area contributed by atoms with Crippen molar-refractivity contribution in [3.63, 3.8) is 0 Å². The first kappa shape index (κ1) is 17.8. The van der Waals surface area contributed by atoms with Crippen LogP contribution in [0.3, 0.4) is 0 Å². The molecule has 1 saturated carbocycles. The maximum absolute atomic E-state index is 13.2. The number of para-hydroxylation sites is 1. The molecule has 5 rings (SSSR count). The SMILES string of the molecule is O=C(NCc1ccccn1)C1CN(C(=O)c2n[nH]c3ccccc23)CC12CCC2. The number of H-pyrrole nitrogens is 1. The summed E-state index contributed by atoms with van der Waals surface area (Å²) in [5.74, 6) is -0.277. The fourth-order valence-corrected chi connectivity index (χ4v) is 4.70. The standard InChI is InChI=1S/C22H23N5O2/c28-20(24-12-15-6-3-4-11-23-15)17-13-27(14-22(17)9-5-10-22)21(29)19-16-7-1-2-8-18(16)25-26-19/h1-4,6-8,11,17H,5,9-10,12-14H2,(H,24,28)(H,25,26). The van der Waals surface area contributed by atoms with Gasteiger partial charge in [-0.1, -0.05) is 30.7 Å². The van der Waals surface area contributed by atoms with Gasteiger partial charge in [-0.05, 0) is 31.0 Å². The number of nitrogens with zero attached hydrogens (tertiary/aromatic N) is 3. The summed E-state index contributed by atoms with van der Waals surface area (Å²) in [6.07, 6.45) is 4.80. The van der Waals surface area contributed by atoms with Gasteiger partial charge in [0.1, 0.15) is 0 Å². The highest BCUT2D eigenvalue weighted by atomic mass is 16.2. The molecule has 3 heterocycles. The molecule has 2 fully saturated rings. The highest BCUT2D eigenvalue weighted by Gasteiger charge is 2.54. The summed E-state index contributed by atoms with van der Waals surface area (Å²) in [5, 5.41) is 11.0. The average molecular weight is 389 g/mol. The molecule has 148 valence electrons. The van der Waals surface area contributed by atoms with Crippen LogP contribution in [-0.2, 0) is 11.3 Å². The van der Waals surface area contributed by atoms with Crippen LogP contribution in [0.1, 0.15) is 35.4 Å². The molecule has 0 radical (unpaired) electrons. The molecule has 1 aromatic carbocycles. The topological polar surface area (TPSA) is 91.0 Å². The van der Waals surface area contributed by atoms with E-state index in [-0.39, 0.29) is 23.1 Å². The molecular formula is C22H23N5O2. The zero-order valence-electron chi connectivity index (χ0n) is 16.1. The number of nitrogens with one attached hydrogen (secondary N) is 2. The Morgan fingerprint density at radius 1 is 1.17 bits per heavy atom. The first-order valence-electron chi connectivity index (χ1n) is 10.1. The Kier molecular flexibility index (Phi) is 4.30. The maximum atomic E-state index is 13.2. The monoisotopic (exact) mass is 389 g/mol. The van der Waals surface area contributed by atoms with Gasteiger partial charge in [0.15, 0.2) is 5.69 Å². The van der Waals surface area contributed by atoms with Crippen LogP contribution in [0.4, 0.5) is 0 Å². The second kappa shape index (κ2) is 6.99. The van der Waals surface area contributed by atoms with Crippen molar-refractivity contribution in [1.29, 1.82) is 0 Å². The van der Waals surface area contributed by atoms with E-state index >= 15 is 0 Å². The molecule has 1 aliphatic carbocycles. The Balaban J connectivity index is 1.33. The summed E-state index contributed by atoms with van der Waals surface area (Å²) in [6.45, 7) is 1.47. The van der Waals surface area contributed by atoms with Crippen LogP contribution in [0.25, 0.3) is 10.9 Å². The van der Waals surface area contributed by atoms with E-state index in [1.165, 1.54) is 0 Å². The van der Waals surface area contributed by atoms with E-state index in [9.17, 15) is 9.59 Å². The van der Waals surface area contributed by atoms with Crippen molar-refractivity contribution < 1.29 is 9.59 Å². The molecule has 2 N–H and O–H groups in total. The summed E-state index contributed by atoms with van der Waals surface area (Å²) >= 11 is 0. The lowest BCUT2D eigenvalue weighted by atomic mass is 9.62. The van der Waals surface area contributed by atoms with Gasteiger partial charge in [0.05, 0.1) is 23.7 Å². The number of hydrogen-bond donors (Lipinski definition) is 2. The molecule has 1 unspecified atom stereocenters. The normalized spacial score (nSPS) is 20.0. The Bertz CT molecular complexity index is 1060. The van der Waals surface area contributed by atoms with Gasteiger partial charge in [-0.25, -0.2) is 0 Å². The van der Waals surface area contributed by atoms with Gasteiger partial charge in [-0.2, -0.15) is 5.10 Å². The van der Waals surface area contributed by atoms with Gasteiger partial charge >= 0.3 is 0 Å². The fourth-order valence-electron chi connectivity index (χ4n) is 4.70. The number of likely N-dealkylation sites (tertiary alicyclic amines) is 1. The zero-order chi connectivity index (χ0) is 19.8. The summed E-state index contributed by atoms with van der Waals surface area (Å²) in [4.78, 5) is 32.3. The summed E-state index contributed by atoms with van der Waals surface area (Å²) in [6, 6.07) is 13.3. The smallest absolute Gasteiger partial charge is 0.275 e. The van der Waals surface area contributed by atoms with Gasteiger partial charge in [0, 0.05) is 30.1 Å². The predicted octanol–water partition coefficient (Wildman–Crippen LogP) is 2.52. The molecule has 1 saturated heterocycles. The number of rotatable bonds is 4. The molecule has 1 spiro atoms. The minimum absolute atomic E-state index is 0.0116. The highest BCUT2D eigenvalue weighted by Crippen LogP contribution is 2.52. The molecule has 29 heavy (non-hydrogen) atoms. The number of carbonyl (C=O) groups is 2. The van der Waals surface area contributed by atoms with Crippen molar-refractivity contribution in [1.82, 2.24) is 25.4 Å². The zero-order valence-corrected chi connectivity index (χ0v) is 16.1. The first-order chi connectivity index (χ1) is 14.2. The Hall–Kier alpha value is -3.22. The van der Waals surface area contributed by atoms with Crippen LogP contribution >= 0.6 is 0 Å². The van der Waals surface area contributed by atoms with Gasteiger partial charge < -0.3 is 10.2 Å². The predicted molar refractivity (Wildman–Crippen MR) is 108 cm³/mol. The second-order valence-electron chi connectivity index (χ2n) is 8.11. The van der Waals surface area contributed by atoms with Gasteiger partial charge in [0.25, 0.3) is 5.91 Å². The number of benzene rings is 1. The summed E-state index contributed by atoms with van der Waals surface area (Å²) in [5.41, 5.74) is 2.01. The molecule has 3 aromatic rings. The quantitative estimate of drug-likeness (QED) is 0.717. The third-order valence-electron chi connectivity index (χ3n) is 6.44. The molecule has 1 atom stereocenters. The maximum Gasteiger partial charge on any atom is 0.275 e. The number of hydrogen-bond acceptors (Lipinski definition) is 4. The number of pyridine rings is 1. The largest absolute Gasteiger partial charge is 0.350 e. The van der Waals surface area contributed by atoms with E-state index < -0.39 is 0 Å². The van der Waals surface area contributed by atoms with E-state index in [1.54, 1.807) is 6.20 Å². The number of aromatic nitrogens is 3. The van der Waals surface area contributed by atoms with Gasteiger partial charge in [-0.3, -0.25) is 19.7 Å². The summed E-state index contributed by atoms with van der Waals surface area (Å²) in [7, 11) is 0. The lowest BCUT2D eigenvalue weighted by molar-refractivity contribution is -0.129. The van der Waals surface area contributed by atoms with E-state index in [0.717, 1.165) is 35.9 Å². The molecule has 2 aromatic heterocycles. The molecule has 0 bridgehead atoms. The van der Waals surface area contributed by atoms with Crippen LogP contribution in [0, 0.1) is 11.3 Å². The van der Waals surface area contributed by atoms with Crippen LogP contribution < -0.4 is 5.32 Å². The molecule has 7 heteroatoms. The third kappa shape index (κ3) is 3.06. The van der Waals surface area contributed by atoms with Crippen molar-refractivity contribution in [2.45, 2.75) is 25.8 Å². The lowest BCUT2D eigenvalue weighted by Crippen LogP contribution is -2.45. The number of fused-ring (bicyclic) bond motifs is 1. The minimum atomic E-state index is -0.186. The first-order valence-corrected chi connectivity index (χ1v) is 10.1. The Morgan fingerprint density at radius 2 is 2.00 bits per heavy atom. The second-order valence-corrected chi connectivity index (χ2v) is 8.11. The average Bonchev–Trinajstić information content (AvgIpc) is 3.34. The van der Waals surface area contributed by atoms with E-state index in [0.29, 0.717) is 25.3 Å². The fraction of sp³-hybridized carbons (Fsp3) is 0.364. The van der Waals surface area contributed by atoms with Crippen LogP contribution in [0.5, 0.6) is 0 Å². The highest BCUT2D eigenvalue weighted by molar-refractivity contribution is 6.05. The van der Waals surface area contributed by atoms with E-state index in [1.807, 2.05) is 47.4 Å². The van der Waals surface area contributed by atoms with Crippen LogP contribution in [0.2, 0.25) is 0 Å². The lowest BCUT2D eigenvalue weighted by Gasteiger charge is -2.41. The van der Waals surface area contributed by atoms with Crippen molar-refractivity contribution >= 4 is 22.7 Å². The van der Waals surface area contributed by atoms with Crippen molar-refractivity contribution in [3.8, 4) is 0 Å². The third-order valence-corrected chi connectivity index (χ3v) is 6.44. The molecule has 2 amide bonds. The molecule has 1 aliphatic heterocycles. The summed E-state index contributed by atoms with van der Waals surface area (Å²) < 4.78 is 0. The van der Waals surface area contributed by atoms with Crippen molar-refractivity contribution in [2.75, 3.05) is 13.1 Å². The number of carbonyl (C=O) groups excluding carboxylic acids is 2. The van der Waals surface area contributed by atoms with Crippen molar-refractivity contribution in [3.05, 3.63) is 60.0 Å². The number of amides is 2. The van der Waals surface area contributed by atoms with Gasteiger partial charge in [0.2, 0.25) is 5.91 Å². The van der Waals surface area contributed by atoms with Crippen molar-refractivity contribution in [2.24, 2.45) is 11.3 Å². The van der Waals surface area contributed by atoms with Crippen LogP contribution in [0.15, 0.2) is 48.7 Å². The van der Waals surface area contributed by atoms with Gasteiger partial charge in [-0.15, -0.1) is 0 Å². The Morgan fingerprint density at radius 3 is 2.76 bits per heavy atom. The minimum Gasteiger partial charge on any atom is -0.350 e. The van der Waals surface area contributed by atoms with E-state index in [2.05, 4.69) is 20.5 Å². The number of aromatic amines is 1.